The fourth-order valence-corrected chi connectivity index (χ4v) is 3.08. The molecule has 4 aromatic rings. The Kier molecular flexibility index (Phi) is 6.02. The van der Waals surface area contributed by atoms with Crippen molar-refractivity contribution in [1.82, 2.24) is 30.0 Å². The van der Waals surface area contributed by atoms with Crippen LogP contribution in [-0.2, 0) is 4.79 Å². The van der Waals surface area contributed by atoms with E-state index in [0.717, 1.165) is 17.0 Å². The Morgan fingerprint density at radius 1 is 1.06 bits per heavy atom. The second-order valence-electron chi connectivity index (χ2n) is 6.93. The molecule has 1 amide bonds. The summed E-state index contributed by atoms with van der Waals surface area (Å²) in [6.07, 6.45) is 1.48. The first-order valence-electron chi connectivity index (χ1n) is 10.0. The second kappa shape index (κ2) is 9.21. The number of carbonyl (C=O) groups excluding carboxylic acids is 1. The zero-order chi connectivity index (χ0) is 22.5. The molecule has 2 aromatic heterocycles. The first kappa shape index (κ1) is 20.9. The zero-order valence-electron chi connectivity index (χ0n) is 17.5. The van der Waals surface area contributed by atoms with E-state index in [1.54, 1.807) is 37.3 Å². The van der Waals surface area contributed by atoms with Crippen LogP contribution in [0.5, 0.6) is 5.75 Å². The number of amides is 1. The minimum absolute atomic E-state index is 0.362. The Balaban J connectivity index is 1.50. The number of rotatable bonds is 7. The molecule has 10 heteroatoms. The van der Waals surface area contributed by atoms with Crippen LogP contribution in [0.25, 0.3) is 16.9 Å². The van der Waals surface area contributed by atoms with Gasteiger partial charge in [0.05, 0.1) is 18.0 Å². The monoisotopic (exact) mass is 431 g/mol. The highest BCUT2D eigenvalue weighted by molar-refractivity contribution is 5.93. The number of carbonyl (C=O) groups is 1. The highest BCUT2D eigenvalue weighted by atomic mass is 16.5. The molecule has 0 radical (unpaired) electrons. The summed E-state index contributed by atoms with van der Waals surface area (Å²) < 4.78 is 8.14. The summed E-state index contributed by atoms with van der Waals surface area (Å²) in [6.45, 7) is 4.12. The second-order valence-corrected chi connectivity index (χ2v) is 6.93. The number of anilines is 1. The molecule has 162 valence electrons. The van der Waals surface area contributed by atoms with E-state index in [-0.39, 0.29) is 11.5 Å². The number of ether oxygens (including phenoxy) is 1. The summed E-state index contributed by atoms with van der Waals surface area (Å²) in [4.78, 5) is 25.2. The summed E-state index contributed by atoms with van der Waals surface area (Å²) in [7, 11) is 0. The molecule has 0 aliphatic carbocycles. The maximum Gasteiger partial charge on any atom is 0.267 e. The smallest absolute Gasteiger partial charge is 0.267 e. The molecule has 1 unspecified atom stereocenters. The highest BCUT2D eigenvalue weighted by Crippen LogP contribution is 2.21. The van der Waals surface area contributed by atoms with E-state index >= 15 is 0 Å². The third-order valence-corrected chi connectivity index (χ3v) is 4.78. The van der Waals surface area contributed by atoms with Crippen LogP contribution in [0.1, 0.15) is 19.9 Å². The molecule has 2 heterocycles. The molecule has 32 heavy (non-hydrogen) atoms. The first-order chi connectivity index (χ1) is 15.5. The fourth-order valence-electron chi connectivity index (χ4n) is 3.08. The molecular formula is C22H21N7O3. The van der Waals surface area contributed by atoms with E-state index in [2.05, 4.69) is 25.9 Å². The minimum Gasteiger partial charge on any atom is -0.494 e. The lowest BCUT2D eigenvalue weighted by atomic mass is 10.1. The third-order valence-electron chi connectivity index (χ3n) is 4.78. The van der Waals surface area contributed by atoms with Crippen molar-refractivity contribution in [1.29, 1.82) is 0 Å². The topological polar surface area (TPSA) is 117 Å². The molecular weight excluding hydrogens is 410 g/mol. The molecule has 0 bridgehead atoms. The number of benzene rings is 2. The Bertz CT molecular complexity index is 1250. The third kappa shape index (κ3) is 4.53. The minimum atomic E-state index is -0.815. The van der Waals surface area contributed by atoms with Crippen LogP contribution >= 0.6 is 0 Å². The first-order valence-corrected chi connectivity index (χ1v) is 10.0. The largest absolute Gasteiger partial charge is 0.494 e. The lowest BCUT2D eigenvalue weighted by Gasteiger charge is -2.15. The van der Waals surface area contributed by atoms with E-state index in [1.807, 2.05) is 31.2 Å². The van der Waals surface area contributed by atoms with Crippen molar-refractivity contribution in [3.8, 4) is 22.7 Å². The number of nitrogens with one attached hydrogen (secondary N) is 1. The average molecular weight is 431 g/mol. The maximum atomic E-state index is 12.8. The van der Waals surface area contributed by atoms with Crippen molar-refractivity contribution >= 4 is 11.6 Å². The number of tetrazole rings is 1. The Labute approximate surface area is 183 Å². The van der Waals surface area contributed by atoms with Gasteiger partial charge in [-0.2, -0.15) is 5.10 Å². The van der Waals surface area contributed by atoms with Gasteiger partial charge in [-0.3, -0.25) is 9.59 Å². The van der Waals surface area contributed by atoms with Gasteiger partial charge in [0.1, 0.15) is 18.1 Å². The fraction of sp³-hybridized carbons (Fsp3) is 0.182. The molecule has 1 atom stereocenters. The molecule has 2 aromatic carbocycles. The van der Waals surface area contributed by atoms with E-state index in [1.165, 1.54) is 21.8 Å². The summed E-state index contributed by atoms with van der Waals surface area (Å²) >= 11 is 0. The van der Waals surface area contributed by atoms with Gasteiger partial charge in [-0.05, 0) is 78.9 Å². The molecule has 0 fully saturated rings. The van der Waals surface area contributed by atoms with Crippen molar-refractivity contribution in [2.75, 3.05) is 11.9 Å². The molecule has 0 aliphatic heterocycles. The van der Waals surface area contributed by atoms with Crippen molar-refractivity contribution in [3.63, 3.8) is 0 Å². The van der Waals surface area contributed by atoms with E-state index in [4.69, 9.17) is 4.74 Å². The lowest BCUT2D eigenvalue weighted by Crippen LogP contribution is -2.33. The van der Waals surface area contributed by atoms with Gasteiger partial charge in [0.25, 0.3) is 5.56 Å². The molecule has 0 spiro atoms. The average Bonchev–Trinajstić information content (AvgIpc) is 3.35. The van der Waals surface area contributed by atoms with Crippen molar-refractivity contribution in [3.05, 3.63) is 77.3 Å². The van der Waals surface area contributed by atoms with E-state index in [0.29, 0.717) is 18.0 Å². The standard InChI is InChI=1S/C22H21N7O3/c1-3-32-19-10-4-16(5-11-19)20-12-13-21(30)29(25-20)15(2)22(31)24-17-6-8-18(9-7-17)28-14-23-26-27-28/h4-15H,3H2,1-2H3,(H,24,31). The Morgan fingerprint density at radius 2 is 1.81 bits per heavy atom. The van der Waals surface area contributed by atoms with Crippen molar-refractivity contribution < 1.29 is 9.53 Å². The van der Waals surface area contributed by atoms with Gasteiger partial charge in [0.2, 0.25) is 5.91 Å². The normalized spacial score (nSPS) is 11.7. The maximum absolute atomic E-state index is 12.8. The van der Waals surface area contributed by atoms with E-state index < -0.39 is 6.04 Å². The quantitative estimate of drug-likeness (QED) is 0.478. The van der Waals surface area contributed by atoms with E-state index in [9.17, 15) is 9.59 Å². The van der Waals surface area contributed by atoms with Crippen LogP contribution in [0.4, 0.5) is 5.69 Å². The summed E-state index contributed by atoms with van der Waals surface area (Å²) in [5.41, 5.74) is 2.36. The number of aromatic nitrogens is 6. The Morgan fingerprint density at radius 3 is 2.47 bits per heavy atom. The predicted octanol–water partition coefficient (Wildman–Crippen LogP) is 2.48. The van der Waals surface area contributed by atoms with Crippen LogP contribution in [0.2, 0.25) is 0 Å². The van der Waals surface area contributed by atoms with Crippen molar-refractivity contribution in [2.45, 2.75) is 19.9 Å². The molecule has 1 N–H and O–H groups in total. The predicted molar refractivity (Wildman–Crippen MR) is 118 cm³/mol. The van der Waals surface area contributed by atoms with Crippen LogP contribution < -0.4 is 15.6 Å². The van der Waals surface area contributed by atoms with Crippen LogP contribution in [0, 0.1) is 0 Å². The van der Waals surface area contributed by atoms with Gasteiger partial charge in [0, 0.05) is 17.3 Å². The lowest BCUT2D eigenvalue weighted by molar-refractivity contribution is -0.119. The van der Waals surface area contributed by atoms with Gasteiger partial charge in [-0.15, -0.1) is 5.10 Å². The van der Waals surface area contributed by atoms with Crippen molar-refractivity contribution in [2.24, 2.45) is 0 Å². The zero-order valence-corrected chi connectivity index (χ0v) is 17.5. The number of hydrogen-bond acceptors (Lipinski definition) is 7. The number of hydrogen-bond donors (Lipinski definition) is 1. The van der Waals surface area contributed by atoms with Gasteiger partial charge >= 0.3 is 0 Å². The summed E-state index contributed by atoms with van der Waals surface area (Å²) in [5.74, 6) is 0.391. The van der Waals surface area contributed by atoms with Crippen LogP contribution in [-0.4, -0.2) is 42.5 Å². The number of nitrogens with zero attached hydrogens (tertiary/aromatic N) is 6. The molecule has 0 saturated heterocycles. The molecule has 4 rings (SSSR count). The SMILES string of the molecule is CCOc1ccc(-c2ccc(=O)n(C(C)C(=O)Nc3ccc(-n4cnnn4)cc3)n2)cc1. The molecule has 0 aliphatic rings. The van der Waals surface area contributed by atoms with Gasteiger partial charge in [-0.25, -0.2) is 9.36 Å². The van der Waals surface area contributed by atoms with Gasteiger partial charge in [-0.1, -0.05) is 0 Å². The van der Waals surface area contributed by atoms with Crippen LogP contribution in [0.15, 0.2) is 71.8 Å². The van der Waals surface area contributed by atoms with Crippen LogP contribution in [0.3, 0.4) is 0 Å². The molecule has 0 saturated carbocycles. The molecule has 10 nitrogen and oxygen atoms in total. The van der Waals surface area contributed by atoms with Gasteiger partial charge in [0.15, 0.2) is 0 Å². The Hall–Kier alpha value is -4.34. The summed E-state index contributed by atoms with van der Waals surface area (Å²) in [6, 6.07) is 16.6. The van der Waals surface area contributed by atoms with Gasteiger partial charge < -0.3 is 10.1 Å². The highest BCUT2D eigenvalue weighted by Gasteiger charge is 2.18. The summed E-state index contributed by atoms with van der Waals surface area (Å²) in [5, 5.41) is 18.2.